The van der Waals surface area contributed by atoms with Crippen molar-refractivity contribution in [2.24, 2.45) is 0 Å². The minimum atomic E-state index is -0.119. The van der Waals surface area contributed by atoms with E-state index in [1.165, 1.54) is 12.8 Å². The second-order valence-corrected chi connectivity index (χ2v) is 6.31. The van der Waals surface area contributed by atoms with Gasteiger partial charge in [0.05, 0.1) is 13.0 Å². The van der Waals surface area contributed by atoms with E-state index in [4.69, 9.17) is 0 Å². The number of hydrogen-bond donors (Lipinski definition) is 3. The SMILES string of the molecule is Cl.O=C(Cc1ccccc1)NCC(=O)NC1CC2CCC(C1)N2. The number of nitrogens with one attached hydrogen (secondary N) is 3. The molecule has 6 heteroatoms. The topological polar surface area (TPSA) is 70.2 Å². The molecule has 1 aromatic carbocycles. The number of carbonyl (C=O) groups excluding carboxylic acids is 2. The zero-order chi connectivity index (χ0) is 15.4. The number of fused-ring (bicyclic) bond motifs is 2. The quantitative estimate of drug-likeness (QED) is 0.755. The number of piperidine rings is 1. The first-order valence-electron chi connectivity index (χ1n) is 8.05. The standard InChI is InChI=1S/C17H23N3O2.ClH/c21-16(8-12-4-2-1-3-5-12)18-11-17(22)20-15-9-13-6-7-14(10-15)19-13;/h1-5,13-15,19H,6-11H2,(H,18,21)(H,20,22);1H. The van der Waals surface area contributed by atoms with Crippen LogP contribution in [-0.2, 0) is 16.0 Å². The average Bonchev–Trinajstić information content (AvgIpc) is 2.85. The van der Waals surface area contributed by atoms with Gasteiger partial charge in [-0.25, -0.2) is 0 Å². The normalized spacial score (nSPS) is 25.3. The van der Waals surface area contributed by atoms with Crippen molar-refractivity contribution in [2.75, 3.05) is 6.54 Å². The summed E-state index contributed by atoms with van der Waals surface area (Å²) in [6.45, 7) is 0.0604. The van der Waals surface area contributed by atoms with Crippen molar-refractivity contribution in [1.82, 2.24) is 16.0 Å². The first-order valence-corrected chi connectivity index (χ1v) is 8.05. The maximum atomic E-state index is 12.0. The average molecular weight is 338 g/mol. The smallest absolute Gasteiger partial charge is 0.239 e. The molecular formula is C17H24ClN3O2. The molecule has 0 spiro atoms. The molecule has 0 aromatic heterocycles. The van der Waals surface area contributed by atoms with Gasteiger partial charge < -0.3 is 16.0 Å². The Bertz CT molecular complexity index is 526. The van der Waals surface area contributed by atoms with Crippen molar-refractivity contribution >= 4 is 24.2 Å². The fourth-order valence-corrected chi connectivity index (χ4v) is 3.48. The molecule has 0 saturated carbocycles. The van der Waals surface area contributed by atoms with E-state index in [1.54, 1.807) is 0 Å². The van der Waals surface area contributed by atoms with Gasteiger partial charge in [0, 0.05) is 18.1 Å². The molecule has 5 nitrogen and oxygen atoms in total. The molecule has 2 bridgehead atoms. The molecule has 2 unspecified atom stereocenters. The van der Waals surface area contributed by atoms with Crippen LogP contribution in [0.1, 0.15) is 31.2 Å². The number of halogens is 1. The van der Waals surface area contributed by atoms with Crippen molar-refractivity contribution < 1.29 is 9.59 Å². The second-order valence-electron chi connectivity index (χ2n) is 6.31. The third kappa shape index (κ3) is 5.22. The summed E-state index contributed by atoms with van der Waals surface area (Å²) in [6, 6.07) is 10.9. The van der Waals surface area contributed by atoms with Crippen molar-refractivity contribution in [1.29, 1.82) is 0 Å². The molecule has 2 amide bonds. The molecule has 2 heterocycles. The number of rotatable bonds is 5. The molecule has 1 aromatic rings. The molecule has 3 rings (SSSR count). The summed E-state index contributed by atoms with van der Waals surface area (Å²) in [7, 11) is 0. The Balaban J connectivity index is 0.00000192. The van der Waals surface area contributed by atoms with Gasteiger partial charge in [-0.1, -0.05) is 30.3 Å². The molecular weight excluding hydrogens is 314 g/mol. The van der Waals surface area contributed by atoms with Crippen molar-refractivity contribution in [3.8, 4) is 0 Å². The predicted octanol–water partition coefficient (Wildman–Crippen LogP) is 1.17. The van der Waals surface area contributed by atoms with Crippen molar-refractivity contribution in [3.63, 3.8) is 0 Å². The minimum absolute atomic E-state index is 0. The fraction of sp³-hybridized carbons (Fsp3) is 0.529. The monoisotopic (exact) mass is 337 g/mol. The first-order chi connectivity index (χ1) is 10.7. The van der Waals surface area contributed by atoms with Crippen LogP contribution in [0.15, 0.2) is 30.3 Å². The number of amides is 2. The van der Waals surface area contributed by atoms with Gasteiger partial charge in [0.25, 0.3) is 0 Å². The van der Waals surface area contributed by atoms with E-state index in [0.717, 1.165) is 18.4 Å². The van der Waals surface area contributed by atoms with Crippen LogP contribution in [-0.4, -0.2) is 36.5 Å². The van der Waals surface area contributed by atoms with Gasteiger partial charge in [0.1, 0.15) is 0 Å². The maximum Gasteiger partial charge on any atom is 0.239 e. The van der Waals surface area contributed by atoms with Crippen LogP contribution in [0.4, 0.5) is 0 Å². The molecule has 0 aliphatic carbocycles. The van der Waals surface area contributed by atoms with Crippen LogP contribution >= 0.6 is 12.4 Å². The maximum absolute atomic E-state index is 12.0. The van der Waals surface area contributed by atoms with E-state index < -0.39 is 0 Å². The third-order valence-electron chi connectivity index (χ3n) is 4.49. The lowest BCUT2D eigenvalue weighted by Gasteiger charge is -2.29. The highest BCUT2D eigenvalue weighted by Crippen LogP contribution is 2.26. The molecule has 2 aliphatic rings. The largest absolute Gasteiger partial charge is 0.352 e. The molecule has 2 aliphatic heterocycles. The Morgan fingerprint density at radius 3 is 2.35 bits per heavy atom. The summed E-state index contributed by atoms with van der Waals surface area (Å²) in [5.41, 5.74) is 0.954. The Labute approximate surface area is 143 Å². The van der Waals surface area contributed by atoms with Crippen LogP contribution < -0.4 is 16.0 Å². The summed E-state index contributed by atoms with van der Waals surface area (Å²) < 4.78 is 0. The van der Waals surface area contributed by atoms with E-state index in [-0.39, 0.29) is 36.8 Å². The number of benzene rings is 1. The van der Waals surface area contributed by atoms with Crippen molar-refractivity contribution in [3.05, 3.63) is 35.9 Å². The zero-order valence-electron chi connectivity index (χ0n) is 13.1. The Morgan fingerprint density at radius 1 is 1.04 bits per heavy atom. The molecule has 0 radical (unpaired) electrons. The molecule has 2 atom stereocenters. The van der Waals surface area contributed by atoms with E-state index in [1.807, 2.05) is 30.3 Å². The zero-order valence-corrected chi connectivity index (χ0v) is 13.9. The Hall–Kier alpha value is -1.59. The fourth-order valence-electron chi connectivity index (χ4n) is 3.48. The van der Waals surface area contributed by atoms with Crippen LogP contribution in [0, 0.1) is 0 Å². The third-order valence-corrected chi connectivity index (χ3v) is 4.49. The van der Waals surface area contributed by atoms with Gasteiger partial charge >= 0.3 is 0 Å². The summed E-state index contributed by atoms with van der Waals surface area (Å²) in [4.78, 5) is 23.8. The van der Waals surface area contributed by atoms with E-state index in [2.05, 4.69) is 16.0 Å². The molecule has 2 saturated heterocycles. The van der Waals surface area contributed by atoms with Gasteiger partial charge in [-0.05, 0) is 31.2 Å². The van der Waals surface area contributed by atoms with Crippen LogP contribution in [0.25, 0.3) is 0 Å². The predicted molar refractivity (Wildman–Crippen MR) is 91.5 cm³/mol. The summed E-state index contributed by atoms with van der Waals surface area (Å²) in [5, 5.41) is 9.29. The summed E-state index contributed by atoms with van der Waals surface area (Å²) in [6.07, 6.45) is 4.74. The Morgan fingerprint density at radius 2 is 1.70 bits per heavy atom. The van der Waals surface area contributed by atoms with Gasteiger partial charge in [-0.15, -0.1) is 12.4 Å². The first kappa shape index (κ1) is 17.8. The van der Waals surface area contributed by atoms with E-state index >= 15 is 0 Å². The lowest BCUT2D eigenvalue weighted by Crippen LogP contribution is -2.50. The highest BCUT2D eigenvalue weighted by atomic mass is 35.5. The van der Waals surface area contributed by atoms with Gasteiger partial charge in [0.15, 0.2) is 0 Å². The van der Waals surface area contributed by atoms with Gasteiger partial charge in [0.2, 0.25) is 11.8 Å². The van der Waals surface area contributed by atoms with Gasteiger partial charge in [-0.3, -0.25) is 9.59 Å². The Kier molecular flexibility index (Phi) is 6.42. The summed E-state index contributed by atoms with van der Waals surface area (Å²) >= 11 is 0. The lowest BCUT2D eigenvalue weighted by atomic mass is 10.00. The van der Waals surface area contributed by atoms with Gasteiger partial charge in [-0.2, -0.15) is 0 Å². The van der Waals surface area contributed by atoms with Crippen LogP contribution in [0.5, 0.6) is 0 Å². The minimum Gasteiger partial charge on any atom is -0.352 e. The lowest BCUT2D eigenvalue weighted by molar-refractivity contribution is -0.126. The van der Waals surface area contributed by atoms with Crippen LogP contribution in [0.3, 0.4) is 0 Å². The molecule has 2 fully saturated rings. The number of hydrogen-bond acceptors (Lipinski definition) is 3. The van der Waals surface area contributed by atoms with Crippen LogP contribution in [0.2, 0.25) is 0 Å². The molecule has 23 heavy (non-hydrogen) atoms. The summed E-state index contributed by atoms with van der Waals surface area (Å²) in [5.74, 6) is -0.209. The highest BCUT2D eigenvalue weighted by Gasteiger charge is 2.33. The molecule has 3 N–H and O–H groups in total. The molecule has 126 valence electrons. The second kappa shape index (κ2) is 8.31. The van der Waals surface area contributed by atoms with Crippen molar-refractivity contribution in [2.45, 2.75) is 50.2 Å². The number of carbonyl (C=O) groups is 2. The highest BCUT2D eigenvalue weighted by molar-refractivity contribution is 5.86. The van der Waals surface area contributed by atoms with E-state index in [9.17, 15) is 9.59 Å². The van der Waals surface area contributed by atoms with E-state index in [0.29, 0.717) is 18.5 Å².